The van der Waals surface area contributed by atoms with E-state index in [1.807, 2.05) is 24.3 Å². The molecule has 30 heavy (non-hydrogen) atoms. The van der Waals surface area contributed by atoms with Crippen LogP contribution in [-0.4, -0.2) is 14.3 Å². The van der Waals surface area contributed by atoms with Crippen molar-refractivity contribution >= 4 is 38.9 Å². The van der Waals surface area contributed by atoms with Crippen molar-refractivity contribution in [2.24, 2.45) is 0 Å². The molecule has 0 saturated carbocycles. The van der Waals surface area contributed by atoms with E-state index in [-0.39, 0.29) is 10.8 Å². The molecular formula is C23H23ClN2O3S. The largest absolute Gasteiger partial charge is 0.322 e. The normalized spacial score (nSPS) is 11.4. The first-order chi connectivity index (χ1) is 14.2. The van der Waals surface area contributed by atoms with Gasteiger partial charge in [-0.1, -0.05) is 37.6 Å². The van der Waals surface area contributed by atoms with Crippen LogP contribution in [0.15, 0.2) is 71.6 Å². The first kappa shape index (κ1) is 21.9. The Balaban J connectivity index is 1.74. The van der Waals surface area contributed by atoms with E-state index in [4.69, 9.17) is 11.6 Å². The van der Waals surface area contributed by atoms with Crippen LogP contribution in [0.4, 0.5) is 11.4 Å². The molecule has 0 fully saturated rings. The summed E-state index contributed by atoms with van der Waals surface area (Å²) in [7, 11) is -3.75. The van der Waals surface area contributed by atoms with Crippen molar-refractivity contribution in [3.8, 4) is 0 Å². The summed E-state index contributed by atoms with van der Waals surface area (Å²) in [4.78, 5) is 12.7. The molecule has 156 valence electrons. The molecule has 0 aromatic heterocycles. The third-order valence-corrected chi connectivity index (χ3v) is 6.33. The second-order valence-electron chi connectivity index (χ2n) is 7.32. The van der Waals surface area contributed by atoms with E-state index < -0.39 is 10.0 Å². The molecule has 0 radical (unpaired) electrons. The van der Waals surface area contributed by atoms with Crippen molar-refractivity contribution in [3.05, 3.63) is 88.4 Å². The third-order valence-electron chi connectivity index (χ3n) is 4.69. The van der Waals surface area contributed by atoms with Crippen molar-refractivity contribution < 1.29 is 13.2 Å². The predicted molar refractivity (Wildman–Crippen MR) is 122 cm³/mol. The molecule has 0 saturated heterocycles. The van der Waals surface area contributed by atoms with E-state index in [1.54, 1.807) is 25.1 Å². The highest BCUT2D eigenvalue weighted by molar-refractivity contribution is 7.92. The maximum atomic E-state index is 12.6. The molecule has 5 nitrogen and oxygen atoms in total. The monoisotopic (exact) mass is 442 g/mol. The van der Waals surface area contributed by atoms with Gasteiger partial charge in [0, 0.05) is 16.3 Å². The molecule has 7 heteroatoms. The Kier molecular flexibility index (Phi) is 6.48. The van der Waals surface area contributed by atoms with Crippen molar-refractivity contribution in [1.29, 1.82) is 0 Å². The van der Waals surface area contributed by atoms with E-state index in [2.05, 4.69) is 23.9 Å². The number of rotatable bonds is 6. The predicted octanol–water partition coefficient (Wildman–Crippen LogP) is 5.82. The first-order valence-electron chi connectivity index (χ1n) is 9.46. The Morgan fingerprint density at radius 2 is 1.57 bits per heavy atom. The Labute approximate surface area is 182 Å². The fraction of sp³-hybridized carbons (Fsp3) is 0.174. The Morgan fingerprint density at radius 3 is 2.13 bits per heavy atom. The van der Waals surface area contributed by atoms with E-state index in [9.17, 15) is 13.2 Å². The number of hydrogen-bond donors (Lipinski definition) is 2. The fourth-order valence-electron chi connectivity index (χ4n) is 2.89. The topological polar surface area (TPSA) is 75.3 Å². The smallest absolute Gasteiger partial charge is 0.261 e. The minimum Gasteiger partial charge on any atom is -0.322 e. The Morgan fingerprint density at radius 1 is 0.933 bits per heavy atom. The van der Waals surface area contributed by atoms with E-state index in [0.29, 0.717) is 33.4 Å². The van der Waals surface area contributed by atoms with Gasteiger partial charge in [0.15, 0.2) is 0 Å². The average molecular weight is 443 g/mol. The molecule has 3 aromatic carbocycles. The summed E-state index contributed by atoms with van der Waals surface area (Å²) >= 11 is 5.82. The summed E-state index contributed by atoms with van der Waals surface area (Å²) in [5.41, 5.74) is 3.38. The van der Waals surface area contributed by atoms with Crippen LogP contribution in [0.2, 0.25) is 5.02 Å². The summed E-state index contributed by atoms with van der Waals surface area (Å²) in [6.07, 6.45) is 0. The van der Waals surface area contributed by atoms with Gasteiger partial charge >= 0.3 is 0 Å². The average Bonchev–Trinajstić information content (AvgIpc) is 2.70. The lowest BCUT2D eigenvalue weighted by Gasteiger charge is -2.13. The Hall–Kier alpha value is -2.83. The van der Waals surface area contributed by atoms with Gasteiger partial charge in [-0.15, -0.1) is 0 Å². The molecule has 1 amide bonds. The lowest BCUT2D eigenvalue weighted by atomic mass is 10.0. The van der Waals surface area contributed by atoms with E-state index in [1.165, 1.54) is 29.8 Å². The minimum atomic E-state index is -3.75. The lowest BCUT2D eigenvalue weighted by Crippen LogP contribution is -2.15. The summed E-state index contributed by atoms with van der Waals surface area (Å²) in [6, 6.07) is 18.4. The quantitative estimate of drug-likeness (QED) is 0.504. The van der Waals surface area contributed by atoms with Crippen LogP contribution in [-0.2, 0) is 10.0 Å². The van der Waals surface area contributed by atoms with E-state index >= 15 is 0 Å². The second-order valence-corrected chi connectivity index (χ2v) is 9.44. The number of benzene rings is 3. The lowest BCUT2D eigenvalue weighted by molar-refractivity contribution is 0.102. The van der Waals surface area contributed by atoms with Gasteiger partial charge in [0.05, 0.1) is 10.6 Å². The van der Waals surface area contributed by atoms with E-state index in [0.717, 1.165) is 0 Å². The highest BCUT2D eigenvalue weighted by atomic mass is 35.5. The van der Waals surface area contributed by atoms with Gasteiger partial charge in [0.25, 0.3) is 15.9 Å². The molecule has 0 heterocycles. The van der Waals surface area contributed by atoms with Gasteiger partial charge in [-0.3, -0.25) is 9.52 Å². The molecule has 0 spiro atoms. The number of carbonyl (C=O) groups excluding carboxylic acids is 1. The maximum absolute atomic E-state index is 12.6. The number of sulfonamides is 1. The molecule has 3 rings (SSSR count). The van der Waals surface area contributed by atoms with Gasteiger partial charge in [-0.05, 0) is 78.6 Å². The van der Waals surface area contributed by atoms with Crippen LogP contribution in [0.25, 0.3) is 0 Å². The van der Waals surface area contributed by atoms with Gasteiger partial charge in [-0.25, -0.2) is 8.42 Å². The number of hydrogen-bond acceptors (Lipinski definition) is 3. The molecule has 0 bridgehead atoms. The molecule has 2 N–H and O–H groups in total. The van der Waals surface area contributed by atoms with Gasteiger partial charge in [0.1, 0.15) is 0 Å². The number of carbonyl (C=O) groups is 1. The number of anilines is 2. The van der Waals surface area contributed by atoms with Crippen LogP contribution in [0.3, 0.4) is 0 Å². The van der Waals surface area contributed by atoms with Crippen molar-refractivity contribution in [2.45, 2.75) is 31.6 Å². The van der Waals surface area contributed by atoms with Crippen LogP contribution < -0.4 is 10.0 Å². The van der Waals surface area contributed by atoms with Crippen LogP contribution >= 0.6 is 11.6 Å². The SMILES string of the molecule is Cc1cc(C(=O)Nc2ccc(C(C)C)cc2)ccc1NS(=O)(=O)c1ccc(Cl)cc1. The number of aryl methyl sites for hydroxylation is 1. The molecule has 0 unspecified atom stereocenters. The number of halogens is 1. The molecule has 0 aliphatic rings. The molecule has 3 aromatic rings. The van der Waals surface area contributed by atoms with Crippen molar-refractivity contribution in [3.63, 3.8) is 0 Å². The highest BCUT2D eigenvalue weighted by Gasteiger charge is 2.16. The number of amides is 1. The molecule has 0 atom stereocenters. The minimum absolute atomic E-state index is 0.109. The molecular weight excluding hydrogens is 420 g/mol. The van der Waals surface area contributed by atoms with Crippen molar-refractivity contribution in [1.82, 2.24) is 0 Å². The van der Waals surface area contributed by atoms with Crippen molar-refractivity contribution in [2.75, 3.05) is 10.0 Å². The zero-order chi connectivity index (χ0) is 21.9. The second kappa shape index (κ2) is 8.90. The number of nitrogens with one attached hydrogen (secondary N) is 2. The Bertz CT molecular complexity index is 1160. The van der Waals surface area contributed by atoms with Gasteiger partial charge in [0.2, 0.25) is 0 Å². The molecule has 0 aliphatic heterocycles. The first-order valence-corrected chi connectivity index (χ1v) is 11.3. The summed E-state index contributed by atoms with van der Waals surface area (Å²) < 4.78 is 27.7. The zero-order valence-corrected chi connectivity index (χ0v) is 18.5. The summed E-state index contributed by atoms with van der Waals surface area (Å²) in [6.45, 7) is 5.96. The standard InChI is InChI=1S/C23H23ClN2O3S/c1-15(2)17-4-9-20(10-5-17)25-23(27)18-6-13-22(16(3)14-18)26-30(28,29)21-11-7-19(24)8-12-21/h4-15,26H,1-3H3,(H,25,27). The zero-order valence-electron chi connectivity index (χ0n) is 16.9. The van der Waals surface area contributed by atoms with Crippen LogP contribution in [0.1, 0.15) is 41.3 Å². The van der Waals surface area contributed by atoms with Crippen LogP contribution in [0.5, 0.6) is 0 Å². The van der Waals surface area contributed by atoms with Gasteiger partial charge in [-0.2, -0.15) is 0 Å². The maximum Gasteiger partial charge on any atom is 0.261 e. The highest BCUT2D eigenvalue weighted by Crippen LogP contribution is 2.23. The fourth-order valence-corrected chi connectivity index (χ4v) is 4.15. The van der Waals surface area contributed by atoms with Crippen LogP contribution in [0, 0.1) is 6.92 Å². The van der Waals surface area contributed by atoms with Gasteiger partial charge < -0.3 is 5.32 Å². The molecule has 0 aliphatic carbocycles. The summed E-state index contributed by atoms with van der Waals surface area (Å²) in [5.74, 6) is 0.157. The third kappa shape index (κ3) is 5.20. The summed E-state index contributed by atoms with van der Waals surface area (Å²) in [5, 5.41) is 3.32.